The second-order valence-corrected chi connectivity index (χ2v) is 7.23. The molecule has 1 aromatic heterocycles. The minimum Gasteiger partial charge on any atom is -0.336 e. The fourth-order valence-electron chi connectivity index (χ4n) is 2.94. The van der Waals surface area contributed by atoms with Gasteiger partial charge in [-0.15, -0.1) is 0 Å². The lowest BCUT2D eigenvalue weighted by Gasteiger charge is -2.19. The minimum atomic E-state index is -4.57. The van der Waals surface area contributed by atoms with Crippen molar-refractivity contribution in [2.45, 2.75) is 19.6 Å². The maximum absolute atomic E-state index is 14.0. The number of carbonyl (C=O) groups is 1. The Morgan fingerprint density at radius 2 is 1.84 bits per heavy atom. The van der Waals surface area contributed by atoms with E-state index in [0.717, 1.165) is 27.8 Å². The number of hydrogen-bond donors (Lipinski definition) is 0. The van der Waals surface area contributed by atoms with Crippen LogP contribution in [0.2, 0.25) is 5.02 Å². The lowest BCUT2D eigenvalue weighted by molar-refractivity contribution is -0.137. The maximum Gasteiger partial charge on any atom is 0.416 e. The summed E-state index contributed by atoms with van der Waals surface area (Å²) in [6.07, 6.45) is -4.57. The van der Waals surface area contributed by atoms with Gasteiger partial charge in [0, 0.05) is 29.4 Å². The van der Waals surface area contributed by atoms with Crippen LogP contribution in [0.5, 0.6) is 0 Å². The molecule has 0 saturated carbocycles. The summed E-state index contributed by atoms with van der Waals surface area (Å²) in [6, 6.07) is 9.50. The zero-order valence-electron chi connectivity index (χ0n) is 16.4. The van der Waals surface area contributed by atoms with Gasteiger partial charge in [0.25, 0.3) is 5.91 Å². The highest BCUT2D eigenvalue weighted by Crippen LogP contribution is 2.30. The molecule has 3 rings (SSSR count). The third-order valence-corrected chi connectivity index (χ3v) is 4.89. The largest absolute Gasteiger partial charge is 0.416 e. The number of aromatic nitrogens is 2. The van der Waals surface area contributed by atoms with E-state index in [-0.39, 0.29) is 28.5 Å². The molecule has 0 unspecified atom stereocenters. The average Bonchev–Trinajstić information content (AvgIpc) is 2.70. The highest BCUT2D eigenvalue weighted by atomic mass is 35.5. The Morgan fingerprint density at radius 1 is 1.16 bits per heavy atom. The second kappa shape index (κ2) is 8.50. The van der Waals surface area contributed by atoms with E-state index in [9.17, 15) is 27.2 Å². The van der Waals surface area contributed by atoms with Gasteiger partial charge in [0.2, 0.25) is 5.43 Å². The molecule has 10 heteroatoms. The molecule has 0 aliphatic heterocycles. The van der Waals surface area contributed by atoms with E-state index >= 15 is 0 Å². The SMILES string of the molecule is Cc1cc(=O)c(C(=O)N(C)Cc2c(F)cccc2Cl)nn1-c1cccc(C(F)(F)F)c1. The fraction of sp³-hybridized carbons (Fsp3) is 0.190. The molecular weight excluding hydrogens is 438 g/mol. The first-order chi connectivity index (χ1) is 14.5. The van der Waals surface area contributed by atoms with Gasteiger partial charge in [-0.05, 0) is 37.3 Å². The quantitative estimate of drug-likeness (QED) is 0.541. The van der Waals surface area contributed by atoms with Crippen molar-refractivity contribution in [3.8, 4) is 5.69 Å². The van der Waals surface area contributed by atoms with Gasteiger partial charge in [-0.2, -0.15) is 18.3 Å². The molecule has 3 aromatic rings. The third kappa shape index (κ3) is 4.77. The van der Waals surface area contributed by atoms with E-state index in [2.05, 4.69) is 5.10 Å². The van der Waals surface area contributed by atoms with Crippen molar-refractivity contribution in [1.29, 1.82) is 0 Å². The van der Waals surface area contributed by atoms with Gasteiger partial charge >= 0.3 is 6.18 Å². The first-order valence-electron chi connectivity index (χ1n) is 8.96. The molecule has 1 heterocycles. The smallest absolute Gasteiger partial charge is 0.336 e. The van der Waals surface area contributed by atoms with Crippen molar-refractivity contribution in [3.63, 3.8) is 0 Å². The molecule has 0 saturated heterocycles. The van der Waals surface area contributed by atoms with E-state index in [0.29, 0.717) is 0 Å². The molecule has 162 valence electrons. The predicted molar refractivity (Wildman–Crippen MR) is 107 cm³/mol. The number of carbonyl (C=O) groups excluding carboxylic acids is 1. The van der Waals surface area contributed by atoms with E-state index in [1.165, 1.54) is 44.3 Å². The summed E-state index contributed by atoms with van der Waals surface area (Å²) in [5.41, 5.74) is -1.80. The molecule has 2 aromatic carbocycles. The van der Waals surface area contributed by atoms with Crippen molar-refractivity contribution < 1.29 is 22.4 Å². The Hall–Kier alpha value is -3.20. The van der Waals surface area contributed by atoms with Gasteiger partial charge in [0.1, 0.15) is 5.82 Å². The molecule has 0 fully saturated rings. The molecule has 31 heavy (non-hydrogen) atoms. The number of aryl methyl sites for hydroxylation is 1. The van der Waals surface area contributed by atoms with E-state index in [1.54, 1.807) is 0 Å². The second-order valence-electron chi connectivity index (χ2n) is 6.82. The van der Waals surface area contributed by atoms with Gasteiger partial charge in [-0.25, -0.2) is 9.07 Å². The van der Waals surface area contributed by atoms with Crippen LogP contribution in [-0.4, -0.2) is 27.6 Å². The van der Waals surface area contributed by atoms with E-state index < -0.39 is 34.6 Å². The molecule has 0 spiro atoms. The number of rotatable bonds is 4. The van der Waals surface area contributed by atoms with E-state index in [4.69, 9.17) is 11.6 Å². The van der Waals surface area contributed by atoms with E-state index in [1.807, 2.05) is 0 Å². The number of amides is 1. The summed E-state index contributed by atoms with van der Waals surface area (Å²) in [7, 11) is 1.33. The summed E-state index contributed by atoms with van der Waals surface area (Å²) in [5.74, 6) is -1.45. The Kier molecular flexibility index (Phi) is 6.17. The molecule has 0 radical (unpaired) electrons. The van der Waals surface area contributed by atoms with Crippen LogP contribution >= 0.6 is 11.6 Å². The number of alkyl halides is 3. The van der Waals surface area contributed by atoms with Crippen LogP contribution in [0, 0.1) is 12.7 Å². The number of halogens is 5. The Labute approximate surface area is 179 Å². The molecule has 0 aliphatic carbocycles. The Bertz CT molecular complexity index is 1190. The normalized spacial score (nSPS) is 11.5. The highest BCUT2D eigenvalue weighted by Gasteiger charge is 2.31. The Balaban J connectivity index is 1.99. The van der Waals surface area contributed by atoms with Crippen LogP contribution in [0.25, 0.3) is 5.69 Å². The summed E-state index contributed by atoms with van der Waals surface area (Å²) >= 11 is 5.98. The van der Waals surface area contributed by atoms with Crippen molar-refractivity contribution in [1.82, 2.24) is 14.7 Å². The molecular formula is C21H16ClF4N3O2. The molecule has 0 aliphatic rings. The van der Waals surface area contributed by atoms with Crippen LogP contribution in [-0.2, 0) is 12.7 Å². The fourth-order valence-corrected chi connectivity index (χ4v) is 3.17. The van der Waals surface area contributed by atoms with Gasteiger partial charge in [-0.3, -0.25) is 9.59 Å². The van der Waals surface area contributed by atoms with Crippen LogP contribution in [0.4, 0.5) is 17.6 Å². The van der Waals surface area contributed by atoms with Gasteiger partial charge < -0.3 is 4.90 Å². The van der Waals surface area contributed by atoms with Crippen LogP contribution in [0.3, 0.4) is 0 Å². The molecule has 0 N–H and O–H groups in total. The van der Waals surface area contributed by atoms with Gasteiger partial charge in [0.05, 0.1) is 17.8 Å². The Morgan fingerprint density at radius 3 is 2.48 bits per heavy atom. The van der Waals surface area contributed by atoms with Gasteiger partial charge in [0.15, 0.2) is 5.69 Å². The number of nitrogens with zero attached hydrogens (tertiary/aromatic N) is 3. The van der Waals surface area contributed by atoms with Crippen LogP contribution in [0.15, 0.2) is 53.3 Å². The van der Waals surface area contributed by atoms with Gasteiger partial charge in [-0.1, -0.05) is 23.7 Å². The lowest BCUT2D eigenvalue weighted by Crippen LogP contribution is -2.33. The summed E-state index contributed by atoms with van der Waals surface area (Å²) in [4.78, 5) is 26.3. The number of benzene rings is 2. The summed E-state index contributed by atoms with van der Waals surface area (Å²) in [5, 5.41) is 4.10. The first kappa shape index (κ1) is 22.5. The van der Waals surface area contributed by atoms with Crippen LogP contribution in [0.1, 0.15) is 27.3 Å². The highest BCUT2D eigenvalue weighted by molar-refractivity contribution is 6.31. The first-order valence-corrected chi connectivity index (χ1v) is 9.34. The predicted octanol–water partition coefficient (Wildman–Crippen LogP) is 4.62. The van der Waals surface area contributed by atoms with Crippen LogP contribution < -0.4 is 5.43 Å². The topological polar surface area (TPSA) is 55.2 Å². The lowest BCUT2D eigenvalue weighted by atomic mass is 10.2. The maximum atomic E-state index is 14.0. The molecule has 0 bridgehead atoms. The minimum absolute atomic E-state index is 0.0289. The zero-order chi connectivity index (χ0) is 22.9. The third-order valence-electron chi connectivity index (χ3n) is 4.53. The molecule has 5 nitrogen and oxygen atoms in total. The summed E-state index contributed by atoms with van der Waals surface area (Å²) in [6.45, 7) is 1.24. The van der Waals surface area contributed by atoms with Crippen molar-refractivity contribution in [2.24, 2.45) is 0 Å². The summed E-state index contributed by atoms with van der Waals surface area (Å²) < 4.78 is 54.3. The number of hydrogen-bond acceptors (Lipinski definition) is 3. The standard InChI is InChI=1S/C21H16ClF4N3O2/c1-12-9-18(30)19(20(31)28(2)11-15-16(22)7-4-8-17(15)23)27-29(12)14-6-3-5-13(10-14)21(24,25)26/h3-10H,11H2,1-2H3. The van der Waals surface area contributed by atoms with Crippen molar-refractivity contribution >= 4 is 17.5 Å². The zero-order valence-corrected chi connectivity index (χ0v) is 17.1. The molecule has 0 atom stereocenters. The molecule has 1 amide bonds. The van der Waals surface area contributed by atoms with Crippen molar-refractivity contribution in [2.75, 3.05) is 7.05 Å². The average molecular weight is 454 g/mol. The monoisotopic (exact) mass is 453 g/mol. The van der Waals surface area contributed by atoms with Crippen molar-refractivity contribution in [3.05, 3.63) is 92.1 Å².